The van der Waals surface area contributed by atoms with E-state index in [1.54, 1.807) is 0 Å². The molecular formula is C20H36N2. The molecule has 0 atom stereocenters. The molecule has 126 valence electrons. The number of allylic oxidation sites excluding steroid dienone is 3. The molecule has 22 heavy (non-hydrogen) atoms. The van der Waals surface area contributed by atoms with Crippen molar-refractivity contribution in [3.63, 3.8) is 0 Å². The van der Waals surface area contributed by atoms with E-state index in [0.29, 0.717) is 0 Å². The van der Waals surface area contributed by atoms with Gasteiger partial charge >= 0.3 is 0 Å². The standard InChI is InChI=1S/C20H36N2/c1-5-16-22(20-11-6-7-12-20)17-15-21-14-13-19(4)10-8-9-18(2)3/h5,9,13,20-21H,1,6-8,10-12,14-17H2,2-4H3/b19-13+. The predicted molar refractivity (Wildman–Crippen MR) is 99.3 cm³/mol. The van der Waals surface area contributed by atoms with Crippen molar-refractivity contribution in [1.82, 2.24) is 10.2 Å². The lowest BCUT2D eigenvalue weighted by Gasteiger charge is -2.27. The fourth-order valence-corrected chi connectivity index (χ4v) is 3.12. The largest absolute Gasteiger partial charge is 0.312 e. The number of rotatable bonds is 11. The Morgan fingerprint density at radius 1 is 1.18 bits per heavy atom. The fourth-order valence-electron chi connectivity index (χ4n) is 3.12. The van der Waals surface area contributed by atoms with Gasteiger partial charge in [0.25, 0.3) is 0 Å². The number of hydrogen-bond donors (Lipinski definition) is 1. The summed E-state index contributed by atoms with van der Waals surface area (Å²) >= 11 is 0. The van der Waals surface area contributed by atoms with Crippen LogP contribution in [0.1, 0.15) is 59.3 Å². The summed E-state index contributed by atoms with van der Waals surface area (Å²) in [6, 6.07) is 0.793. The summed E-state index contributed by atoms with van der Waals surface area (Å²) in [5.41, 5.74) is 2.91. The summed E-state index contributed by atoms with van der Waals surface area (Å²) in [6.07, 6.45) is 14.6. The Morgan fingerprint density at radius 3 is 2.55 bits per heavy atom. The Bertz CT molecular complexity index is 358. The summed E-state index contributed by atoms with van der Waals surface area (Å²) in [5.74, 6) is 0. The lowest BCUT2D eigenvalue weighted by molar-refractivity contribution is 0.221. The Kier molecular flexibility index (Phi) is 10.2. The maximum Gasteiger partial charge on any atom is 0.0164 e. The fraction of sp³-hybridized carbons (Fsp3) is 0.700. The summed E-state index contributed by atoms with van der Waals surface area (Å²) in [4.78, 5) is 2.60. The van der Waals surface area contributed by atoms with Crippen LogP contribution in [-0.2, 0) is 0 Å². The van der Waals surface area contributed by atoms with Gasteiger partial charge in [-0.1, -0.05) is 42.2 Å². The average molecular weight is 305 g/mol. The van der Waals surface area contributed by atoms with Crippen LogP contribution < -0.4 is 5.32 Å². The zero-order valence-corrected chi connectivity index (χ0v) is 15.0. The molecule has 0 saturated heterocycles. The van der Waals surface area contributed by atoms with Crippen LogP contribution in [-0.4, -0.2) is 37.1 Å². The molecule has 0 aliphatic heterocycles. The van der Waals surface area contributed by atoms with E-state index in [1.165, 1.54) is 49.7 Å². The minimum atomic E-state index is 0.793. The van der Waals surface area contributed by atoms with E-state index in [-0.39, 0.29) is 0 Å². The molecule has 0 unspecified atom stereocenters. The van der Waals surface area contributed by atoms with Crippen LogP contribution in [0.15, 0.2) is 36.0 Å². The van der Waals surface area contributed by atoms with Crippen molar-refractivity contribution in [2.75, 3.05) is 26.2 Å². The molecule has 0 bridgehead atoms. The van der Waals surface area contributed by atoms with Crippen molar-refractivity contribution in [2.45, 2.75) is 65.3 Å². The van der Waals surface area contributed by atoms with Crippen LogP contribution in [0.2, 0.25) is 0 Å². The lowest BCUT2D eigenvalue weighted by atomic mass is 10.1. The molecule has 1 aliphatic rings. The third kappa shape index (κ3) is 8.55. The smallest absolute Gasteiger partial charge is 0.0164 e. The second-order valence-corrected chi connectivity index (χ2v) is 6.80. The molecule has 2 nitrogen and oxygen atoms in total. The Hall–Kier alpha value is -0.860. The summed E-state index contributed by atoms with van der Waals surface area (Å²) in [5, 5.41) is 3.56. The first-order chi connectivity index (χ1) is 10.6. The highest BCUT2D eigenvalue weighted by Crippen LogP contribution is 2.22. The van der Waals surface area contributed by atoms with Crippen molar-refractivity contribution in [3.05, 3.63) is 36.0 Å². The first-order valence-electron chi connectivity index (χ1n) is 8.98. The zero-order chi connectivity index (χ0) is 16.2. The summed E-state index contributed by atoms with van der Waals surface area (Å²) in [7, 11) is 0. The van der Waals surface area contributed by atoms with Gasteiger partial charge in [0.15, 0.2) is 0 Å². The van der Waals surface area contributed by atoms with Gasteiger partial charge in [-0.3, -0.25) is 4.90 Å². The van der Waals surface area contributed by atoms with E-state index in [2.05, 4.69) is 49.7 Å². The topological polar surface area (TPSA) is 15.3 Å². The van der Waals surface area contributed by atoms with Crippen LogP contribution in [0.5, 0.6) is 0 Å². The van der Waals surface area contributed by atoms with Gasteiger partial charge < -0.3 is 5.32 Å². The molecule has 1 N–H and O–H groups in total. The average Bonchev–Trinajstić information content (AvgIpc) is 2.99. The van der Waals surface area contributed by atoms with Crippen LogP contribution >= 0.6 is 0 Å². The Labute approximate surface area is 138 Å². The monoisotopic (exact) mass is 304 g/mol. The third-order valence-electron chi connectivity index (χ3n) is 4.47. The predicted octanol–water partition coefficient (Wildman–Crippen LogP) is 4.70. The maximum atomic E-state index is 3.90. The Morgan fingerprint density at radius 2 is 1.91 bits per heavy atom. The zero-order valence-electron chi connectivity index (χ0n) is 15.0. The van der Waals surface area contributed by atoms with Crippen LogP contribution in [0.25, 0.3) is 0 Å². The molecule has 1 fully saturated rings. The Balaban J connectivity index is 2.16. The van der Waals surface area contributed by atoms with Gasteiger partial charge in [0.2, 0.25) is 0 Å². The van der Waals surface area contributed by atoms with Crippen molar-refractivity contribution in [2.24, 2.45) is 0 Å². The molecule has 0 amide bonds. The third-order valence-corrected chi connectivity index (χ3v) is 4.47. The first-order valence-corrected chi connectivity index (χ1v) is 8.98. The lowest BCUT2D eigenvalue weighted by Crippen LogP contribution is -2.38. The molecule has 0 aromatic rings. The van der Waals surface area contributed by atoms with Crippen LogP contribution in [0.3, 0.4) is 0 Å². The van der Waals surface area contributed by atoms with E-state index in [4.69, 9.17) is 0 Å². The van der Waals surface area contributed by atoms with Crippen LogP contribution in [0, 0.1) is 0 Å². The highest BCUT2D eigenvalue weighted by molar-refractivity contribution is 5.02. The van der Waals surface area contributed by atoms with Gasteiger partial charge in [0, 0.05) is 32.2 Å². The number of nitrogens with one attached hydrogen (secondary N) is 1. The number of hydrogen-bond acceptors (Lipinski definition) is 2. The molecule has 0 spiro atoms. The van der Waals surface area contributed by atoms with E-state index >= 15 is 0 Å². The van der Waals surface area contributed by atoms with Crippen molar-refractivity contribution in [3.8, 4) is 0 Å². The minimum Gasteiger partial charge on any atom is -0.312 e. The highest BCUT2D eigenvalue weighted by atomic mass is 15.2. The minimum absolute atomic E-state index is 0.793. The van der Waals surface area contributed by atoms with E-state index in [9.17, 15) is 0 Å². The van der Waals surface area contributed by atoms with Crippen LogP contribution in [0.4, 0.5) is 0 Å². The van der Waals surface area contributed by atoms with E-state index < -0.39 is 0 Å². The quantitative estimate of drug-likeness (QED) is 0.440. The molecular weight excluding hydrogens is 268 g/mol. The summed E-state index contributed by atoms with van der Waals surface area (Å²) in [6.45, 7) is 14.7. The molecule has 0 aromatic heterocycles. The second kappa shape index (κ2) is 11.7. The molecule has 0 aromatic carbocycles. The van der Waals surface area contributed by atoms with Crippen molar-refractivity contribution < 1.29 is 0 Å². The SMILES string of the molecule is C=CCN(CCNC/C=C(\C)CCC=C(C)C)C1CCCC1. The van der Waals surface area contributed by atoms with Gasteiger partial charge in [-0.25, -0.2) is 0 Å². The van der Waals surface area contributed by atoms with E-state index in [1.807, 2.05) is 6.08 Å². The maximum absolute atomic E-state index is 3.90. The van der Waals surface area contributed by atoms with Gasteiger partial charge in [0.05, 0.1) is 0 Å². The highest BCUT2D eigenvalue weighted by Gasteiger charge is 2.20. The van der Waals surface area contributed by atoms with Gasteiger partial charge in [0.1, 0.15) is 0 Å². The van der Waals surface area contributed by atoms with Crippen molar-refractivity contribution >= 4 is 0 Å². The van der Waals surface area contributed by atoms with E-state index in [0.717, 1.165) is 32.2 Å². The second-order valence-electron chi connectivity index (χ2n) is 6.80. The molecule has 0 radical (unpaired) electrons. The molecule has 0 heterocycles. The van der Waals surface area contributed by atoms with Crippen molar-refractivity contribution in [1.29, 1.82) is 0 Å². The first kappa shape index (κ1) is 19.2. The molecule has 1 saturated carbocycles. The summed E-state index contributed by atoms with van der Waals surface area (Å²) < 4.78 is 0. The molecule has 1 aliphatic carbocycles. The molecule has 2 heteroatoms. The van der Waals surface area contributed by atoms with Gasteiger partial charge in [-0.15, -0.1) is 6.58 Å². The normalized spacial score (nSPS) is 16.3. The van der Waals surface area contributed by atoms with Gasteiger partial charge in [-0.2, -0.15) is 0 Å². The number of nitrogens with zero attached hydrogens (tertiary/aromatic N) is 1. The van der Waals surface area contributed by atoms with Gasteiger partial charge in [-0.05, 0) is 46.5 Å². The molecule has 1 rings (SSSR count).